The van der Waals surface area contributed by atoms with Gasteiger partial charge in [-0.2, -0.15) is 0 Å². The number of amides is 1. The molecule has 1 amide bonds. The second kappa shape index (κ2) is 5.77. The van der Waals surface area contributed by atoms with Gasteiger partial charge in [0.25, 0.3) is 5.91 Å². The van der Waals surface area contributed by atoms with Gasteiger partial charge in [-0.3, -0.25) is 4.79 Å². The minimum atomic E-state index is -0.325. The molecule has 2 aliphatic rings. The van der Waals surface area contributed by atoms with Gasteiger partial charge in [-0.05, 0) is 17.7 Å². The minimum absolute atomic E-state index is 0.325. The zero-order chi connectivity index (χ0) is 16.5. The molecule has 0 saturated carbocycles. The number of benzene rings is 2. The third-order valence-corrected chi connectivity index (χ3v) is 3.93. The van der Waals surface area contributed by atoms with E-state index in [0.717, 1.165) is 16.7 Å². The van der Waals surface area contributed by atoms with Gasteiger partial charge in [-0.1, -0.05) is 30.3 Å². The number of aliphatic imine (C=N–C) groups is 2. The van der Waals surface area contributed by atoms with Crippen molar-refractivity contribution in [1.82, 2.24) is 0 Å². The summed E-state index contributed by atoms with van der Waals surface area (Å²) in [5.74, 6) is 0.878. The summed E-state index contributed by atoms with van der Waals surface area (Å²) in [5.41, 5.74) is 3.76. The summed E-state index contributed by atoms with van der Waals surface area (Å²) < 4.78 is 11.3. The maximum absolute atomic E-state index is 11.9. The SMILES string of the molecule is COc1cc2c(cc1OCc1ccccc1)N=C1C(=O)N=CC=C12. The number of allylic oxidation sites excluding steroid dienone is 1. The Hall–Kier alpha value is -3.21. The summed E-state index contributed by atoms with van der Waals surface area (Å²) in [4.78, 5) is 20.0. The van der Waals surface area contributed by atoms with Crippen molar-refractivity contribution in [2.45, 2.75) is 6.61 Å². The molecule has 0 spiro atoms. The molecule has 118 valence electrons. The molecule has 0 atom stereocenters. The predicted molar refractivity (Wildman–Crippen MR) is 92.3 cm³/mol. The van der Waals surface area contributed by atoms with E-state index in [4.69, 9.17) is 9.47 Å². The van der Waals surface area contributed by atoms with E-state index in [1.807, 2.05) is 36.4 Å². The van der Waals surface area contributed by atoms with Crippen LogP contribution in [0, 0.1) is 0 Å². The molecule has 0 bridgehead atoms. The van der Waals surface area contributed by atoms with Crippen molar-refractivity contribution in [1.29, 1.82) is 0 Å². The van der Waals surface area contributed by atoms with Crippen LogP contribution in [0.15, 0.2) is 58.5 Å². The van der Waals surface area contributed by atoms with Crippen LogP contribution in [0.25, 0.3) is 5.57 Å². The third kappa shape index (κ3) is 2.40. The Balaban J connectivity index is 1.68. The van der Waals surface area contributed by atoms with E-state index in [2.05, 4.69) is 9.98 Å². The van der Waals surface area contributed by atoms with Crippen LogP contribution < -0.4 is 9.47 Å². The maximum atomic E-state index is 11.9. The number of carbonyl (C=O) groups is 1. The van der Waals surface area contributed by atoms with Crippen molar-refractivity contribution in [3.8, 4) is 11.5 Å². The Bertz CT molecular complexity index is 912. The first-order valence-corrected chi connectivity index (χ1v) is 7.53. The number of dihydropyridines is 1. The second-order valence-corrected chi connectivity index (χ2v) is 5.42. The van der Waals surface area contributed by atoms with Gasteiger partial charge in [0.2, 0.25) is 0 Å². The van der Waals surface area contributed by atoms with Crippen molar-refractivity contribution in [3.05, 3.63) is 59.7 Å². The van der Waals surface area contributed by atoms with Gasteiger partial charge >= 0.3 is 0 Å². The Kier molecular flexibility index (Phi) is 3.46. The van der Waals surface area contributed by atoms with E-state index >= 15 is 0 Å². The zero-order valence-electron chi connectivity index (χ0n) is 13.0. The maximum Gasteiger partial charge on any atom is 0.296 e. The molecule has 2 aliphatic heterocycles. The van der Waals surface area contributed by atoms with Crippen molar-refractivity contribution in [2.75, 3.05) is 7.11 Å². The molecule has 0 saturated heterocycles. The van der Waals surface area contributed by atoms with Crippen LogP contribution in [-0.2, 0) is 11.4 Å². The summed E-state index contributed by atoms with van der Waals surface area (Å²) in [6, 6.07) is 13.5. The molecular weight excluding hydrogens is 304 g/mol. The van der Waals surface area contributed by atoms with E-state index in [1.165, 1.54) is 6.21 Å². The van der Waals surface area contributed by atoms with Gasteiger partial charge in [0.05, 0.1) is 12.8 Å². The van der Waals surface area contributed by atoms with Crippen molar-refractivity contribution in [3.63, 3.8) is 0 Å². The molecule has 0 N–H and O–H groups in total. The lowest BCUT2D eigenvalue weighted by atomic mass is 10.0. The standard InChI is InChI=1S/C19H14N2O3/c1-23-16-9-14-13-7-8-20-19(22)18(13)21-15(14)10-17(16)24-11-12-5-3-2-4-6-12/h2-10H,11H2,1H3. The summed E-state index contributed by atoms with van der Waals surface area (Å²) in [6.07, 6.45) is 3.29. The molecule has 0 aromatic heterocycles. The Morgan fingerprint density at radius 1 is 1.08 bits per heavy atom. The van der Waals surface area contributed by atoms with E-state index < -0.39 is 0 Å². The van der Waals surface area contributed by atoms with Gasteiger partial charge in [0, 0.05) is 23.4 Å². The van der Waals surface area contributed by atoms with Crippen LogP contribution in [-0.4, -0.2) is 24.9 Å². The fraction of sp³-hybridized carbons (Fsp3) is 0.105. The quantitative estimate of drug-likeness (QED) is 0.868. The molecule has 5 heteroatoms. The normalized spacial score (nSPS) is 14.6. The number of methoxy groups -OCH3 is 1. The lowest BCUT2D eigenvalue weighted by Crippen LogP contribution is -2.13. The largest absolute Gasteiger partial charge is 0.493 e. The highest BCUT2D eigenvalue weighted by Gasteiger charge is 2.29. The summed E-state index contributed by atoms with van der Waals surface area (Å²) in [5, 5.41) is 0. The summed E-state index contributed by atoms with van der Waals surface area (Å²) in [7, 11) is 1.59. The minimum Gasteiger partial charge on any atom is -0.493 e. The van der Waals surface area contributed by atoms with Gasteiger partial charge in [-0.25, -0.2) is 9.98 Å². The van der Waals surface area contributed by atoms with Crippen LogP contribution >= 0.6 is 0 Å². The number of rotatable bonds is 4. The van der Waals surface area contributed by atoms with E-state index in [0.29, 0.717) is 29.5 Å². The molecule has 2 aromatic rings. The molecule has 2 heterocycles. The highest BCUT2D eigenvalue weighted by molar-refractivity contribution is 6.60. The molecule has 0 aliphatic carbocycles. The topological polar surface area (TPSA) is 60.2 Å². The number of fused-ring (bicyclic) bond motifs is 3. The molecule has 0 unspecified atom stereocenters. The smallest absolute Gasteiger partial charge is 0.296 e. The number of nitrogens with zero attached hydrogens (tertiary/aromatic N) is 2. The van der Waals surface area contributed by atoms with Crippen LogP contribution in [0.5, 0.6) is 11.5 Å². The molecular formula is C19H14N2O3. The second-order valence-electron chi connectivity index (χ2n) is 5.42. The first-order valence-electron chi connectivity index (χ1n) is 7.53. The van der Waals surface area contributed by atoms with Crippen molar-refractivity contribution in [2.24, 2.45) is 9.98 Å². The average molecular weight is 318 g/mol. The third-order valence-electron chi connectivity index (χ3n) is 3.93. The number of carbonyl (C=O) groups excluding carboxylic acids is 1. The fourth-order valence-corrected chi connectivity index (χ4v) is 2.75. The highest BCUT2D eigenvalue weighted by atomic mass is 16.5. The molecule has 24 heavy (non-hydrogen) atoms. The lowest BCUT2D eigenvalue weighted by Gasteiger charge is -2.13. The van der Waals surface area contributed by atoms with E-state index in [9.17, 15) is 4.79 Å². The molecule has 0 fully saturated rings. The first-order chi connectivity index (χ1) is 11.8. The van der Waals surface area contributed by atoms with Crippen LogP contribution in [0.3, 0.4) is 0 Å². The monoisotopic (exact) mass is 318 g/mol. The molecule has 2 aromatic carbocycles. The number of ether oxygens (including phenoxy) is 2. The Morgan fingerprint density at radius 2 is 1.92 bits per heavy atom. The highest BCUT2D eigenvalue weighted by Crippen LogP contribution is 2.43. The lowest BCUT2D eigenvalue weighted by molar-refractivity contribution is -0.111. The van der Waals surface area contributed by atoms with Crippen LogP contribution in [0.2, 0.25) is 0 Å². The van der Waals surface area contributed by atoms with Gasteiger partial charge < -0.3 is 9.47 Å². The summed E-state index contributed by atoms with van der Waals surface area (Å²) in [6.45, 7) is 0.428. The summed E-state index contributed by atoms with van der Waals surface area (Å²) >= 11 is 0. The van der Waals surface area contributed by atoms with E-state index in [-0.39, 0.29) is 5.91 Å². The average Bonchev–Trinajstić information content (AvgIpc) is 2.99. The van der Waals surface area contributed by atoms with Gasteiger partial charge in [-0.15, -0.1) is 0 Å². The van der Waals surface area contributed by atoms with Crippen LogP contribution in [0.1, 0.15) is 11.1 Å². The molecule has 5 nitrogen and oxygen atoms in total. The van der Waals surface area contributed by atoms with Gasteiger partial charge in [0.15, 0.2) is 11.5 Å². The molecule has 4 rings (SSSR count). The zero-order valence-corrected chi connectivity index (χ0v) is 13.0. The number of hydrogen-bond donors (Lipinski definition) is 0. The first kappa shape index (κ1) is 14.4. The van der Waals surface area contributed by atoms with E-state index in [1.54, 1.807) is 19.3 Å². The van der Waals surface area contributed by atoms with Crippen molar-refractivity contribution >= 4 is 29.1 Å². The Labute approximate surface area is 139 Å². The Morgan fingerprint density at radius 3 is 2.71 bits per heavy atom. The van der Waals surface area contributed by atoms with Crippen LogP contribution in [0.4, 0.5) is 5.69 Å². The number of hydrogen-bond acceptors (Lipinski definition) is 4. The molecule has 0 radical (unpaired) electrons. The van der Waals surface area contributed by atoms with Crippen molar-refractivity contribution < 1.29 is 14.3 Å². The fourth-order valence-electron chi connectivity index (χ4n) is 2.75. The van der Waals surface area contributed by atoms with Gasteiger partial charge in [0.1, 0.15) is 12.3 Å². The predicted octanol–water partition coefficient (Wildman–Crippen LogP) is 3.35.